The number of hydrogen-bond acceptors (Lipinski definition) is 4. The molecule has 0 spiro atoms. The van der Waals surface area contributed by atoms with Crippen molar-refractivity contribution in [2.45, 2.75) is 20.3 Å². The minimum atomic E-state index is -0.415. The predicted molar refractivity (Wildman–Crippen MR) is 129 cm³/mol. The number of halogens is 1. The Morgan fingerprint density at radius 2 is 1.68 bits per heavy atom. The second kappa shape index (κ2) is 10.8. The first-order valence-electron chi connectivity index (χ1n) is 10.3. The number of hydrogen-bond donors (Lipinski definition) is 1. The summed E-state index contributed by atoms with van der Waals surface area (Å²) in [6.07, 6.45) is 0.551. The van der Waals surface area contributed by atoms with E-state index in [1.807, 2.05) is 68.4 Å². The number of alkyl halides is 1. The molecule has 4 rings (SSSR count). The number of phenols is 1. The summed E-state index contributed by atoms with van der Waals surface area (Å²) >= 11 is 3.35. The van der Waals surface area contributed by atoms with Gasteiger partial charge in [0.2, 0.25) is 0 Å². The van der Waals surface area contributed by atoms with Crippen LogP contribution in [0.4, 0.5) is 0 Å². The van der Waals surface area contributed by atoms with E-state index in [0.717, 1.165) is 33.2 Å². The zero-order chi connectivity index (χ0) is 22.2. The number of fused-ring (bicyclic) bond motifs is 1. The van der Waals surface area contributed by atoms with Crippen molar-refractivity contribution in [2.75, 3.05) is 11.9 Å². The maximum absolute atomic E-state index is 12.9. The first-order chi connectivity index (χ1) is 15.2. The Balaban J connectivity index is 0.00000132. The minimum absolute atomic E-state index is 0.0624. The lowest BCUT2D eigenvalue weighted by Crippen LogP contribution is -2.08. The molecule has 0 fully saturated rings. The highest BCUT2D eigenvalue weighted by atomic mass is 79.9. The average Bonchev–Trinajstić information content (AvgIpc) is 2.80. The van der Waals surface area contributed by atoms with E-state index in [2.05, 4.69) is 15.9 Å². The SMILES string of the molecule is CC.O=c1oc2cc(O)ccc2c(Cc2ccc(OCCBr)cc2)c1-c1ccccc1. The first-order valence-corrected chi connectivity index (χ1v) is 11.4. The molecule has 0 aliphatic carbocycles. The third-order valence-corrected chi connectivity index (χ3v) is 5.04. The average molecular weight is 481 g/mol. The molecule has 4 nitrogen and oxygen atoms in total. The molecule has 4 aromatic rings. The van der Waals surface area contributed by atoms with Crippen LogP contribution in [0.5, 0.6) is 11.5 Å². The molecular formula is C26H25BrO4. The van der Waals surface area contributed by atoms with Gasteiger partial charge in [-0.1, -0.05) is 72.2 Å². The molecule has 0 aliphatic rings. The van der Waals surface area contributed by atoms with Crippen molar-refractivity contribution in [1.29, 1.82) is 0 Å². The van der Waals surface area contributed by atoms with Crippen molar-refractivity contribution in [2.24, 2.45) is 0 Å². The predicted octanol–water partition coefficient (Wildman–Crippen LogP) is 6.56. The Labute approximate surface area is 190 Å². The van der Waals surface area contributed by atoms with Gasteiger partial charge in [-0.05, 0) is 47.4 Å². The van der Waals surface area contributed by atoms with Crippen molar-refractivity contribution >= 4 is 26.9 Å². The standard InChI is InChI=1S/C24H19BrO4.C2H6/c25-12-13-28-19-9-6-16(7-10-19)14-21-20-11-8-18(26)15-22(20)29-24(27)23(21)17-4-2-1-3-5-17;1-2/h1-11,15,26H,12-14H2;1-2H3. The second-order valence-corrected chi connectivity index (χ2v) is 7.44. The minimum Gasteiger partial charge on any atom is -0.508 e. The molecule has 1 aromatic heterocycles. The van der Waals surface area contributed by atoms with Gasteiger partial charge in [-0.25, -0.2) is 4.79 Å². The van der Waals surface area contributed by atoms with Gasteiger partial charge in [0.1, 0.15) is 17.1 Å². The molecule has 31 heavy (non-hydrogen) atoms. The van der Waals surface area contributed by atoms with E-state index in [-0.39, 0.29) is 5.75 Å². The Bertz CT molecular complexity index is 1180. The smallest absolute Gasteiger partial charge is 0.344 e. The van der Waals surface area contributed by atoms with E-state index in [0.29, 0.717) is 24.2 Å². The quantitative estimate of drug-likeness (QED) is 0.250. The van der Waals surface area contributed by atoms with Crippen molar-refractivity contribution in [3.63, 3.8) is 0 Å². The molecule has 1 N–H and O–H groups in total. The van der Waals surface area contributed by atoms with E-state index >= 15 is 0 Å². The fourth-order valence-corrected chi connectivity index (χ4v) is 3.56. The molecule has 0 amide bonds. The van der Waals surface area contributed by atoms with Crippen LogP contribution in [0, 0.1) is 0 Å². The van der Waals surface area contributed by atoms with Gasteiger partial charge in [-0.15, -0.1) is 0 Å². The summed E-state index contributed by atoms with van der Waals surface area (Å²) in [4.78, 5) is 12.9. The third kappa shape index (κ3) is 5.36. The molecule has 0 atom stereocenters. The lowest BCUT2D eigenvalue weighted by Gasteiger charge is -2.13. The van der Waals surface area contributed by atoms with Crippen LogP contribution in [0.15, 0.2) is 82.0 Å². The van der Waals surface area contributed by atoms with Crippen molar-refractivity contribution < 1.29 is 14.3 Å². The zero-order valence-corrected chi connectivity index (χ0v) is 19.2. The fourth-order valence-electron chi connectivity index (χ4n) is 3.40. The summed E-state index contributed by atoms with van der Waals surface area (Å²) in [5.41, 5.74) is 3.24. The van der Waals surface area contributed by atoms with Gasteiger partial charge >= 0.3 is 5.63 Å². The Morgan fingerprint density at radius 3 is 2.35 bits per heavy atom. The highest BCUT2D eigenvalue weighted by Gasteiger charge is 2.17. The van der Waals surface area contributed by atoms with Gasteiger partial charge in [0.25, 0.3) is 0 Å². The molecule has 0 aliphatic heterocycles. The molecule has 0 saturated heterocycles. The number of phenolic OH excluding ortho intramolecular Hbond substituents is 1. The van der Waals surface area contributed by atoms with Crippen LogP contribution >= 0.6 is 15.9 Å². The lowest BCUT2D eigenvalue weighted by atomic mass is 9.93. The Hall–Kier alpha value is -3.05. The zero-order valence-electron chi connectivity index (χ0n) is 17.6. The monoisotopic (exact) mass is 480 g/mol. The topological polar surface area (TPSA) is 59.7 Å². The molecule has 0 bridgehead atoms. The van der Waals surface area contributed by atoms with Crippen molar-refractivity contribution in [1.82, 2.24) is 0 Å². The maximum Gasteiger partial charge on any atom is 0.344 e. The number of rotatable bonds is 6. The highest BCUT2D eigenvalue weighted by Crippen LogP contribution is 2.31. The van der Waals surface area contributed by atoms with Crippen LogP contribution in [0.25, 0.3) is 22.1 Å². The molecule has 0 radical (unpaired) electrons. The van der Waals surface area contributed by atoms with Crippen molar-refractivity contribution in [3.05, 3.63) is 94.3 Å². The molecule has 3 aromatic carbocycles. The summed E-state index contributed by atoms with van der Waals surface area (Å²) < 4.78 is 11.1. The summed E-state index contributed by atoms with van der Waals surface area (Å²) in [5, 5.41) is 11.4. The molecule has 5 heteroatoms. The van der Waals surface area contributed by atoms with E-state index in [9.17, 15) is 9.90 Å². The molecule has 160 valence electrons. The first kappa shape index (κ1) is 22.6. The van der Waals surface area contributed by atoms with Crippen LogP contribution in [0.1, 0.15) is 25.0 Å². The van der Waals surface area contributed by atoms with Gasteiger partial charge in [0, 0.05) is 16.8 Å². The van der Waals surface area contributed by atoms with Crippen LogP contribution in [-0.4, -0.2) is 17.0 Å². The Morgan fingerprint density at radius 1 is 0.968 bits per heavy atom. The van der Waals surface area contributed by atoms with E-state index in [4.69, 9.17) is 9.15 Å². The van der Waals surface area contributed by atoms with Crippen LogP contribution in [0.2, 0.25) is 0 Å². The third-order valence-electron chi connectivity index (χ3n) is 4.71. The normalized spacial score (nSPS) is 10.4. The van der Waals surface area contributed by atoms with Crippen LogP contribution < -0.4 is 10.4 Å². The van der Waals surface area contributed by atoms with Gasteiger partial charge in [-0.3, -0.25) is 0 Å². The van der Waals surface area contributed by atoms with Gasteiger partial charge in [-0.2, -0.15) is 0 Å². The number of aromatic hydroxyl groups is 1. The van der Waals surface area contributed by atoms with E-state index in [1.165, 1.54) is 6.07 Å². The summed E-state index contributed by atoms with van der Waals surface area (Å²) in [6.45, 7) is 4.60. The fraction of sp³-hybridized carbons (Fsp3) is 0.192. The maximum atomic E-state index is 12.9. The van der Waals surface area contributed by atoms with Crippen molar-refractivity contribution in [3.8, 4) is 22.6 Å². The van der Waals surface area contributed by atoms with E-state index in [1.54, 1.807) is 12.1 Å². The number of benzene rings is 3. The summed E-state index contributed by atoms with van der Waals surface area (Å²) in [5.74, 6) is 0.867. The summed E-state index contributed by atoms with van der Waals surface area (Å²) in [6, 6.07) is 22.3. The lowest BCUT2D eigenvalue weighted by molar-refractivity contribution is 0.345. The molecule has 0 unspecified atom stereocenters. The Kier molecular flexibility index (Phi) is 7.90. The van der Waals surface area contributed by atoms with Gasteiger partial charge in [0.15, 0.2) is 0 Å². The largest absolute Gasteiger partial charge is 0.508 e. The number of ether oxygens (including phenoxy) is 1. The van der Waals surface area contributed by atoms with Crippen LogP contribution in [-0.2, 0) is 6.42 Å². The molecular weight excluding hydrogens is 456 g/mol. The highest BCUT2D eigenvalue weighted by molar-refractivity contribution is 9.09. The van der Waals surface area contributed by atoms with E-state index < -0.39 is 5.63 Å². The van der Waals surface area contributed by atoms with Gasteiger partial charge in [0.05, 0.1) is 12.2 Å². The summed E-state index contributed by atoms with van der Waals surface area (Å²) in [7, 11) is 0. The van der Waals surface area contributed by atoms with Gasteiger partial charge < -0.3 is 14.3 Å². The van der Waals surface area contributed by atoms with Crippen LogP contribution in [0.3, 0.4) is 0 Å². The second-order valence-electron chi connectivity index (χ2n) is 6.65. The molecule has 1 heterocycles. The molecule has 0 saturated carbocycles.